The molecule has 1 aromatic carbocycles. The first-order valence-corrected chi connectivity index (χ1v) is 6.89. The molecule has 106 valence electrons. The molecule has 4 nitrogen and oxygen atoms in total. The Morgan fingerprint density at radius 2 is 1.84 bits per heavy atom. The third-order valence-corrected chi connectivity index (χ3v) is 4.64. The van der Waals surface area contributed by atoms with Gasteiger partial charge in [-0.2, -0.15) is 0 Å². The third-order valence-electron chi connectivity index (χ3n) is 3.45. The van der Waals surface area contributed by atoms with Crippen molar-refractivity contribution in [3.63, 3.8) is 0 Å². The van der Waals surface area contributed by atoms with Crippen LogP contribution in [0.5, 0.6) is 5.75 Å². The lowest BCUT2D eigenvalue weighted by Crippen LogP contribution is -2.34. The Kier molecular flexibility index (Phi) is 5.23. The molecule has 0 aliphatic carbocycles. The van der Waals surface area contributed by atoms with Crippen molar-refractivity contribution in [1.29, 1.82) is 0 Å². The van der Waals surface area contributed by atoms with Crippen molar-refractivity contribution in [3.8, 4) is 5.75 Å². The third kappa shape index (κ3) is 3.03. The van der Waals surface area contributed by atoms with Gasteiger partial charge in [0.2, 0.25) is 0 Å². The van der Waals surface area contributed by atoms with Crippen LogP contribution >= 0.6 is 15.9 Å². The highest BCUT2D eigenvalue weighted by molar-refractivity contribution is 9.10. The number of urea groups is 1. The molecule has 0 aliphatic rings. The number of hydrogen-bond acceptors (Lipinski definition) is 2. The second-order valence-electron chi connectivity index (χ2n) is 4.61. The van der Waals surface area contributed by atoms with Crippen molar-refractivity contribution in [3.05, 3.63) is 26.7 Å². The SMILES string of the molecule is CNC(=O)N(C)Cc1c(C)c(Br)c(C)c(C)c1OC. The van der Waals surface area contributed by atoms with Crippen LogP contribution in [0.15, 0.2) is 4.47 Å². The first-order valence-electron chi connectivity index (χ1n) is 6.10. The van der Waals surface area contributed by atoms with Gasteiger partial charge in [0.15, 0.2) is 0 Å². The highest BCUT2D eigenvalue weighted by atomic mass is 79.9. The van der Waals surface area contributed by atoms with Crippen LogP contribution in [-0.4, -0.2) is 32.1 Å². The number of carbonyl (C=O) groups excluding carboxylic acids is 1. The molecule has 1 N–H and O–H groups in total. The Hall–Kier alpha value is -1.23. The quantitative estimate of drug-likeness (QED) is 0.926. The molecule has 0 aromatic heterocycles. The smallest absolute Gasteiger partial charge is 0.317 e. The zero-order chi connectivity index (χ0) is 14.7. The first-order chi connectivity index (χ1) is 8.84. The number of benzene rings is 1. The van der Waals surface area contributed by atoms with Gasteiger partial charge >= 0.3 is 6.03 Å². The fourth-order valence-corrected chi connectivity index (χ4v) is 2.65. The number of nitrogens with one attached hydrogen (secondary N) is 1. The summed E-state index contributed by atoms with van der Waals surface area (Å²) in [4.78, 5) is 13.3. The summed E-state index contributed by atoms with van der Waals surface area (Å²) in [6.45, 7) is 6.63. The van der Waals surface area contributed by atoms with Crippen molar-refractivity contribution in [1.82, 2.24) is 10.2 Å². The Morgan fingerprint density at radius 1 is 1.26 bits per heavy atom. The molecule has 0 saturated carbocycles. The topological polar surface area (TPSA) is 41.6 Å². The number of carbonyl (C=O) groups is 1. The van der Waals surface area contributed by atoms with Gasteiger partial charge in [-0.15, -0.1) is 0 Å². The molecule has 0 fully saturated rings. The largest absolute Gasteiger partial charge is 0.496 e. The number of nitrogens with zero attached hydrogens (tertiary/aromatic N) is 1. The van der Waals surface area contributed by atoms with Crippen molar-refractivity contribution in [2.75, 3.05) is 21.2 Å². The highest BCUT2D eigenvalue weighted by Crippen LogP contribution is 2.36. The maximum atomic E-state index is 11.6. The molecule has 0 saturated heterocycles. The second-order valence-corrected chi connectivity index (χ2v) is 5.40. The minimum atomic E-state index is -0.115. The molecule has 0 radical (unpaired) electrons. The van der Waals surface area contributed by atoms with Crippen LogP contribution in [0.2, 0.25) is 0 Å². The van der Waals surface area contributed by atoms with Gasteiger partial charge in [-0.05, 0) is 37.5 Å². The van der Waals surface area contributed by atoms with E-state index in [9.17, 15) is 4.79 Å². The van der Waals surface area contributed by atoms with E-state index in [-0.39, 0.29) is 6.03 Å². The lowest BCUT2D eigenvalue weighted by Gasteiger charge is -2.23. The molecule has 0 unspecified atom stereocenters. The Bertz CT molecular complexity index is 501. The van der Waals surface area contributed by atoms with Crippen LogP contribution < -0.4 is 10.1 Å². The molecular weight excluding hydrogens is 308 g/mol. The molecule has 19 heavy (non-hydrogen) atoms. The van der Waals surface area contributed by atoms with Gasteiger partial charge in [0, 0.05) is 24.1 Å². The number of amides is 2. The van der Waals surface area contributed by atoms with Gasteiger partial charge in [0.1, 0.15) is 5.75 Å². The lowest BCUT2D eigenvalue weighted by atomic mass is 9.98. The van der Waals surface area contributed by atoms with Gasteiger partial charge in [0.05, 0.1) is 13.7 Å². The van der Waals surface area contributed by atoms with E-state index in [0.29, 0.717) is 6.54 Å². The molecule has 0 atom stereocenters. The summed E-state index contributed by atoms with van der Waals surface area (Å²) in [6.07, 6.45) is 0. The maximum Gasteiger partial charge on any atom is 0.317 e. The van der Waals surface area contributed by atoms with Crippen molar-refractivity contribution < 1.29 is 9.53 Å². The molecular formula is C14H21BrN2O2. The molecule has 1 rings (SSSR count). The van der Waals surface area contributed by atoms with Gasteiger partial charge in [-0.25, -0.2) is 4.79 Å². The molecule has 2 amide bonds. The highest BCUT2D eigenvalue weighted by Gasteiger charge is 2.19. The van der Waals surface area contributed by atoms with Crippen LogP contribution in [-0.2, 0) is 6.54 Å². The predicted molar refractivity (Wildman–Crippen MR) is 80.8 cm³/mol. The summed E-state index contributed by atoms with van der Waals surface area (Å²) in [7, 11) is 5.05. The summed E-state index contributed by atoms with van der Waals surface area (Å²) in [6, 6.07) is -0.115. The fourth-order valence-electron chi connectivity index (χ4n) is 2.11. The van der Waals surface area contributed by atoms with Crippen LogP contribution in [0.25, 0.3) is 0 Å². The van der Waals surface area contributed by atoms with E-state index < -0.39 is 0 Å². The Morgan fingerprint density at radius 3 is 2.32 bits per heavy atom. The average molecular weight is 329 g/mol. The fraction of sp³-hybridized carbons (Fsp3) is 0.500. The van der Waals surface area contributed by atoms with Crippen molar-refractivity contribution >= 4 is 22.0 Å². The van der Waals surface area contributed by atoms with Crippen LogP contribution in [0, 0.1) is 20.8 Å². The number of methoxy groups -OCH3 is 1. The second kappa shape index (κ2) is 6.28. The van der Waals surface area contributed by atoms with Crippen LogP contribution in [0.4, 0.5) is 4.79 Å². The normalized spacial score (nSPS) is 10.3. The van der Waals surface area contributed by atoms with E-state index in [0.717, 1.165) is 26.9 Å². The van der Waals surface area contributed by atoms with E-state index >= 15 is 0 Å². The number of ether oxygens (including phenoxy) is 1. The summed E-state index contributed by atoms with van der Waals surface area (Å²) < 4.78 is 6.60. The minimum absolute atomic E-state index is 0.115. The standard InChI is InChI=1S/C14H21BrN2O2/c1-8-9(2)13(19-6)11(10(3)12(8)15)7-17(5)14(18)16-4/h7H2,1-6H3,(H,16,18). The molecule has 5 heteroatoms. The first kappa shape index (κ1) is 15.8. The van der Waals surface area contributed by atoms with Gasteiger partial charge in [-0.1, -0.05) is 15.9 Å². The molecule has 0 aliphatic heterocycles. The molecule has 0 bridgehead atoms. The molecule has 0 heterocycles. The average Bonchev–Trinajstić information content (AvgIpc) is 2.41. The van der Waals surface area contributed by atoms with Crippen LogP contribution in [0.1, 0.15) is 22.3 Å². The lowest BCUT2D eigenvalue weighted by molar-refractivity contribution is 0.208. The summed E-state index contributed by atoms with van der Waals surface area (Å²) in [5, 5.41) is 2.62. The zero-order valence-corrected chi connectivity index (χ0v) is 13.9. The summed E-state index contributed by atoms with van der Waals surface area (Å²) in [5.74, 6) is 0.856. The predicted octanol–water partition coefficient (Wildman–Crippen LogP) is 3.15. The molecule has 0 spiro atoms. The zero-order valence-electron chi connectivity index (χ0n) is 12.3. The summed E-state index contributed by atoms with van der Waals surface area (Å²) >= 11 is 3.61. The van der Waals surface area contributed by atoms with Crippen molar-refractivity contribution in [2.45, 2.75) is 27.3 Å². The van der Waals surface area contributed by atoms with Gasteiger partial charge in [0.25, 0.3) is 0 Å². The monoisotopic (exact) mass is 328 g/mol. The molecule has 1 aromatic rings. The van der Waals surface area contributed by atoms with E-state index in [1.807, 2.05) is 13.8 Å². The Labute approximate surface area is 123 Å². The maximum absolute atomic E-state index is 11.6. The van der Waals surface area contributed by atoms with E-state index in [4.69, 9.17) is 4.74 Å². The van der Waals surface area contributed by atoms with E-state index in [1.54, 1.807) is 26.1 Å². The Balaban J connectivity index is 3.30. The van der Waals surface area contributed by atoms with Gasteiger partial charge < -0.3 is 15.0 Å². The number of hydrogen-bond donors (Lipinski definition) is 1. The minimum Gasteiger partial charge on any atom is -0.496 e. The van der Waals surface area contributed by atoms with E-state index in [1.165, 1.54) is 5.56 Å². The van der Waals surface area contributed by atoms with Gasteiger partial charge in [-0.3, -0.25) is 0 Å². The van der Waals surface area contributed by atoms with Crippen LogP contribution in [0.3, 0.4) is 0 Å². The number of rotatable bonds is 3. The number of halogens is 1. The van der Waals surface area contributed by atoms with Crippen molar-refractivity contribution in [2.24, 2.45) is 0 Å². The summed E-state index contributed by atoms with van der Waals surface area (Å²) in [5.41, 5.74) is 4.40. The van der Waals surface area contributed by atoms with E-state index in [2.05, 4.69) is 28.2 Å².